The Labute approximate surface area is 846 Å². The molecule has 20 rings (SSSR count). The number of aromatic nitrogens is 13. The second kappa shape index (κ2) is 45.0. The third kappa shape index (κ3) is 23.3. The Balaban J connectivity index is 0.000000132. The zero-order chi connectivity index (χ0) is 105. The maximum absolute atomic E-state index is 14.3. The highest BCUT2D eigenvalue weighted by atomic mass is 19.1. The number of fused-ring (bicyclic) bond motifs is 5. The van der Waals surface area contributed by atoms with Crippen molar-refractivity contribution in [3.05, 3.63) is 407 Å². The second-order valence-electron chi connectivity index (χ2n) is 36.3. The molecule has 0 amide bonds. The maximum atomic E-state index is 14.3. The van der Waals surface area contributed by atoms with E-state index in [1.54, 1.807) is 82.7 Å². The highest BCUT2D eigenvalue weighted by Crippen LogP contribution is 2.39. The molecular formula is C117H98F5N21O5. The molecule has 0 bridgehead atoms. The van der Waals surface area contributed by atoms with Crippen molar-refractivity contribution in [1.82, 2.24) is 65.9 Å². The molecule has 0 aliphatic carbocycles. The number of nitriles is 1. The molecule has 31 heteroatoms. The summed E-state index contributed by atoms with van der Waals surface area (Å²) < 4.78 is 71.1. The van der Waals surface area contributed by atoms with Gasteiger partial charge in [0.05, 0.1) is 90.3 Å². The van der Waals surface area contributed by atoms with Crippen LogP contribution in [0.4, 0.5) is 62.4 Å². The van der Waals surface area contributed by atoms with Gasteiger partial charge < -0.3 is 28.7 Å². The maximum Gasteiger partial charge on any atom is 0.196 e. The van der Waals surface area contributed by atoms with E-state index in [0.29, 0.717) is 73.9 Å². The third-order valence-electron chi connectivity index (χ3n) is 25.5. The number of pyridine rings is 3. The first-order valence-corrected chi connectivity index (χ1v) is 47.0. The molecule has 736 valence electrons. The summed E-state index contributed by atoms with van der Waals surface area (Å²) >= 11 is 0. The molecule has 8 heterocycles. The van der Waals surface area contributed by atoms with Gasteiger partial charge in [0.1, 0.15) is 64.1 Å². The molecule has 0 saturated carbocycles. The van der Waals surface area contributed by atoms with Crippen LogP contribution in [0.1, 0.15) is 100 Å². The Morgan fingerprint density at radius 3 is 0.953 bits per heavy atom. The molecule has 0 spiro atoms. The predicted octanol–water partition coefficient (Wildman–Crippen LogP) is 22.8. The van der Waals surface area contributed by atoms with E-state index in [2.05, 4.69) is 75.6 Å². The first-order chi connectivity index (χ1) is 71.2. The number of aryl methyl sites for hydroxylation is 7. The summed E-state index contributed by atoms with van der Waals surface area (Å²) in [6.07, 6.45) is 5.69. The number of H-pyrrole nitrogens is 5. The van der Waals surface area contributed by atoms with Crippen molar-refractivity contribution in [3.8, 4) is 62.1 Å². The number of anilines is 5. The molecule has 0 saturated heterocycles. The fourth-order valence-corrected chi connectivity index (χ4v) is 18.1. The molecule has 20 aromatic rings. The van der Waals surface area contributed by atoms with Gasteiger partial charge in [0.2, 0.25) is 0 Å². The zero-order valence-electron chi connectivity index (χ0n) is 81.6. The van der Waals surface area contributed by atoms with Crippen molar-refractivity contribution < 1.29 is 45.9 Å². The SMILES string of the molecule is Cc1cc(C#N)c(F)c(CC(=O)Cc2ccc(-c3cccc4[nH]nc(N)c34)nc2)c1.Cc1cc(C)c(F)c(CC(=O)Cc2ccc(-c3cccc4[nH]nc(N)c34)cc2)c1.Cc1cc(F)c(CC(=O)Cc2ccc(-c3cccc4[nH]nc(N)c34)nc2)cc1C.[C-]#[N+]c1c(C)ccc(F)c1CC(=O)Cc1ccc(-c2cccc3[nH]nc(N)c23)cc1.[C-]#[N+]c1c(C)ccc(F)c1CC(=O)Cc1ccc(-c2cccc3[nH]nc(N)c23)nc1. The van der Waals surface area contributed by atoms with E-state index < -0.39 is 17.5 Å². The van der Waals surface area contributed by atoms with Gasteiger partial charge in [-0.2, -0.15) is 30.8 Å². The summed E-state index contributed by atoms with van der Waals surface area (Å²) in [4.78, 5) is 82.7. The Kier molecular flexibility index (Phi) is 31.0. The number of carbonyl (C=O) groups excluding carboxylic acids is 5. The van der Waals surface area contributed by atoms with E-state index in [9.17, 15) is 45.9 Å². The number of hydrogen-bond acceptors (Lipinski definition) is 19. The van der Waals surface area contributed by atoms with Gasteiger partial charge in [-0.05, 0) is 221 Å². The van der Waals surface area contributed by atoms with Crippen molar-refractivity contribution >= 4 is 124 Å². The van der Waals surface area contributed by atoms with Gasteiger partial charge in [0, 0.05) is 111 Å². The molecule has 15 N–H and O–H groups in total. The predicted molar refractivity (Wildman–Crippen MR) is 568 cm³/mol. The number of nitrogens with two attached hydrogens (primary N) is 5. The van der Waals surface area contributed by atoms with Crippen LogP contribution >= 0.6 is 0 Å². The minimum Gasteiger partial charge on any atom is -0.382 e. The lowest BCUT2D eigenvalue weighted by atomic mass is 9.96. The van der Waals surface area contributed by atoms with Crippen LogP contribution in [0, 0.1) is 102 Å². The first-order valence-electron chi connectivity index (χ1n) is 47.0. The van der Waals surface area contributed by atoms with Crippen LogP contribution in [0.2, 0.25) is 0 Å². The van der Waals surface area contributed by atoms with E-state index in [0.717, 1.165) is 144 Å². The fourth-order valence-electron chi connectivity index (χ4n) is 18.1. The number of aromatic amines is 5. The van der Waals surface area contributed by atoms with Gasteiger partial charge in [0.25, 0.3) is 0 Å². The van der Waals surface area contributed by atoms with Gasteiger partial charge in [0.15, 0.2) is 40.5 Å². The summed E-state index contributed by atoms with van der Waals surface area (Å²) in [5.74, 6) is -0.700. The number of nitrogens with zero attached hydrogens (tertiary/aromatic N) is 11. The van der Waals surface area contributed by atoms with Gasteiger partial charge in [-0.25, -0.2) is 31.6 Å². The van der Waals surface area contributed by atoms with Crippen LogP contribution < -0.4 is 28.7 Å². The van der Waals surface area contributed by atoms with E-state index in [4.69, 9.17) is 47.1 Å². The number of Topliss-reactive ketones (excluding diaryl/α,β-unsaturated/α-hetero) is 5. The number of halogens is 5. The number of carbonyl (C=O) groups is 5. The number of nitrogen functional groups attached to an aromatic ring is 5. The van der Waals surface area contributed by atoms with Crippen LogP contribution in [0.3, 0.4) is 0 Å². The molecule has 8 aromatic heterocycles. The van der Waals surface area contributed by atoms with Crippen molar-refractivity contribution in [2.75, 3.05) is 28.7 Å². The highest BCUT2D eigenvalue weighted by Gasteiger charge is 2.24. The topological polar surface area (TPSA) is 430 Å². The third-order valence-corrected chi connectivity index (χ3v) is 25.5. The van der Waals surface area contributed by atoms with Gasteiger partial charge >= 0.3 is 0 Å². The zero-order valence-corrected chi connectivity index (χ0v) is 81.6. The minimum atomic E-state index is -0.629. The molecule has 0 atom stereocenters. The van der Waals surface area contributed by atoms with Gasteiger partial charge in [-0.15, -0.1) is 0 Å². The summed E-state index contributed by atoms with van der Waals surface area (Å²) in [6.45, 7) is 27.2. The smallest absolute Gasteiger partial charge is 0.196 e. The van der Waals surface area contributed by atoms with Crippen molar-refractivity contribution in [1.29, 1.82) is 5.26 Å². The summed E-state index contributed by atoms with van der Waals surface area (Å²) in [7, 11) is 0. The summed E-state index contributed by atoms with van der Waals surface area (Å²) in [5.41, 5.74) is 54.1. The quantitative estimate of drug-likeness (QED) is 0.0188. The average Bonchev–Trinajstić information content (AvgIpc) is 1.66. The van der Waals surface area contributed by atoms with E-state index in [1.807, 2.05) is 203 Å². The number of benzene rings is 12. The number of nitrogens with one attached hydrogen (secondary N) is 5. The lowest BCUT2D eigenvalue weighted by molar-refractivity contribution is -0.118. The lowest BCUT2D eigenvalue weighted by Gasteiger charge is -2.09. The standard InChI is InChI=1S/C24H19FN4O.C24H22FN3O.2C23H18FN5O.C23H21FN4O/c1-14-6-11-20(25)19(23(14)27-2)13-17(30)12-15-7-9-16(10-8-15)18-4-3-5-21-22(18)24(26)29-28-21;1-14-10-15(2)23(25)18(11-14)13-19(29)12-16-6-8-17(9-7-16)20-4-3-5-21-22(20)24(26)28-27-21;1-13-6-8-18(24)17(22(13)26-2)11-15(30)10-14-7-9-19(27-12-14)16-4-3-5-20-21(16)23(25)29-28-20;1-13-7-15(22(24)16(8-13)11-25)10-17(30)9-14-5-6-19(27-12-14)18-3-2-4-20-21(18)23(26)29-28-20;1-13-8-16(19(24)9-14(13)2)11-17(29)10-15-6-7-20(26-12-15)18-4-3-5-21-22(18)23(25)28-27-21/h3-11H,12-13H2,1H3,(H3,26,28,29);3-11H,12-13H2,1-2H3,(H3,26,27,28);3-9,12H,10-11H2,1H3,(H3,25,28,29);2-8,12H,9-10H2,1H3,(H3,26,28,29);3-9,12H,10-11H2,1-2H3,(H3,25,27,28). The average molecular weight is 1970 g/mol. The van der Waals surface area contributed by atoms with Gasteiger partial charge in [-0.1, -0.05) is 169 Å². The Morgan fingerprint density at radius 2 is 0.615 bits per heavy atom. The van der Waals surface area contributed by atoms with Crippen LogP contribution in [-0.2, 0) is 88.2 Å². The fraction of sp³-hybridized carbons (Fsp3) is 0.145. The largest absolute Gasteiger partial charge is 0.382 e. The van der Waals surface area contributed by atoms with Gasteiger partial charge in [-0.3, -0.25) is 64.4 Å². The molecule has 0 unspecified atom stereocenters. The molecule has 0 radical (unpaired) electrons. The van der Waals surface area contributed by atoms with Crippen LogP contribution in [0.5, 0.6) is 0 Å². The van der Waals surface area contributed by atoms with Crippen LogP contribution in [0.25, 0.3) is 120 Å². The lowest BCUT2D eigenvalue weighted by Crippen LogP contribution is -2.09. The van der Waals surface area contributed by atoms with Crippen molar-refractivity contribution in [2.45, 2.75) is 113 Å². The Bertz CT molecular complexity index is 8440. The first kappa shape index (κ1) is 102. The van der Waals surface area contributed by atoms with E-state index >= 15 is 0 Å². The summed E-state index contributed by atoms with van der Waals surface area (Å²) in [6, 6.07) is 72.6. The Morgan fingerprint density at radius 1 is 0.311 bits per heavy atom. The van der Waals surface area contributed by atoms with E-state index in [1.165, 1.54) is 24.3 Å². The molecule has 148 heavy (non-hydrogen) atoms. The Hall–Kier alpha value is -19.1. The van der Waals surface area contributed by atoms with Crippen LogP contribution in [-0.4, -0.2) is 94.9 Å². The second-order valence-corrected chi connectivity index (χ2v) is 36.3. The molecule has 0 aliphatic heterocycles. The molecule has 0 aliphatic rings. The molecule has 26 nitrogen and oxygen atoms in total. The number of ketones is 5. The van der Waals surface area contributed by atoms with E-state index in [-0.39, 0.29) is 138 Å². The highest BCUT2D eigenvalue weighted by molar-refractivity contribution is 6.06. The number of hydrogen-bond donors (Lipinski definition) is 10. The monoisotopic (exact) mass is 1970 g/mol. The minimum absolute atomic E-state index is 0.0113. The van der Waals surface area contributed by atoms with Crippen LogP contribution in [0.15, 0.2) is 255 Å². The summed E-state index contributed by atoms with van der Waals surface area (Å²) in [5, 5.41) is 47.9. The molecule has 12 aromatic carbocycles. The van der Waals surface area contributed by atoms with Crippen molar-refractivity contribution in [3.63, 3.8) is 0 Å². The molecular weight excluding hydrogens is 1870 g/mol. The molecule has 0 fully saturated rings. The number of rotatable bonds is 25. The van der Waals surface area contributed by atoms with Crippen molar-refractivity contribution in [2.24, 2.45) is 0 Å². The normalized spacial score (nSPS) is 11.0.